The van der Waals surface area contributed by atoms with Gasteiger partial charge in [-0.2, -0.15) is 5.10 Å². The molecule has 0 amide bonds. The first-order valence-electron chi connectivity index (χ1n) is 11.3. The van der Waals surface area contributed by atoms with E-state index in [0.717, 1.165) is 24.5 Å². The van der Waals surface area contributed by atoms with Crippen molar-refractivity contribution >= 4 is 11.7 Å². The van der Waals surface area contributed by atoms with E-state index in [1.807, 2.05) is 63.2 Å². The molecular weight excluding hydrogens is 420 g/mol. The van der Waals surface area contributed by atoms with Gasteiger partial charge in [0.1, 0.15) is 6.33 Å². The predicted molar refractivity (Wildman–Crippen MR) is 126 cm³/mol. The van der Waals surface area contributed by atoms with Gasteiger partial charge in [-0.1, -0.05) is 6.07 Å². The number of piperazine rings is 1. The highest BCUT2D eigenvalue weighted by Gasteiger charge is 2.32. The number of carbonyl (C=O) groups excluding carboxylic acids is 1. The van der Waals surface area contributed by atoms with Gasteiger partial charge >= 0.3 is 11.7 Å². The molecular formula is C24H30N6O3. The van der Waals surface area contributed by atoms with Gasteiger partial charge in [0.25, 0.3) is 0 Å². The highest BCUT2D eigenvalue weighted by atomic mass is 16.5. The predicted octanol–water partition coefficient (Wildman–Crippen LogP) is 2.44. The van der Waals surface area contributed by atoms with Gasteiger partial charge in [-0.15, -0.1) is 0 Å². The third-order valence-electron chi connectivity index (χ3n) is 5.83. The fourth-order valence-corrected chi connectivity index (χ4v) is 4.13. The monoisotopic (exact) mass is 450 g/mol. The zero-order valence-electron chi connectivity index (χ0n) is 19.3. The van der Waals surface area contributed by atoms with Crippen molar-refractivity contribution in [3.63, 3.8) is 0 Å². The number of hydrogen-bond acceptors (Lipinski definition) is 7. The van der Waals surface area contributed by atoms with Crippen LogP contribution in [0.2, 0.25) is 0 Å². The average Bonchev–Trinajstić information content (AvgIpc) is 3.22. The molecule has 0 bridgehead atoms. The third kappa shape index (κ3) is 4.83. The Labute approximate surface area is 193 Å². The van der Waals surface area contributed by atoms with Crippen molar-refractivity contribution in [3.05, 3.63) is 71.2 Å². The lowest BCUT2D eigenvalue weighted by molar-refractivity contribution is -0.150. The molecule has 0 spiro atoms. The maximum Gasteiger partial charge on any atom is 0.350 e. The van der Waals surface area contributed by atoms with Gasteiger partial charge < -0.3 is 9.64 Å². The van der Waals surface area contributed by atoms with Crippen LogP contribution in [0.4, 0.5) is 5.69 Å². The third-order valence-corrected chi connectivity index (χ3v) is 5.83. The maximum atomic E-state index is 12.7. The smallest absolute Gasteiger partial charge is 0.350 e. The van der Waals surface area contributed by atoms with E-state index in [4.69, 9.17) is 4.74 Å². The standard InChI is InChI=1S/C24H30N6O3/c1-4-33-23(31)22(21-7-5-6-12-25-21)28-15-13-27(14-16-28)19-8-10-20(11-9-19)29-17-26-30(18(2)3)24(29)32/h5-12,17-18,22H,4,13-16H2,1-3H3. The Bertz CT molecular complexity index is 1120. The van der Waals surface area contributed by atoms with Crippen molar-refractivity contribution in [1.82, 2.24) is 24.2 Å². The lowest BCUT2D eigenvalue weighted by Gasteiger charge is -2.39. The van der Waals surface area contributed by atoms with E-state index in [1.165, 1.54) is 4.68 Å². The number of hydrogen-bond donors (Lipinski definition) is 0. The molecule has 2 aromatic heterocycles. The number of nitrogens with zero attached hydrogens (tertiary/aromatic N) is 6. The summed E-state index contributed by atoms with van der Waals surface area (Å²) in [4.78, 5) is 34.0. The molecule has 4 rings (SSSR count). The van der Waals surface area contributed by atoms with Gasteiger partial charge in [-0.3, -0.25) is 9.88 Å². The Hall–Kier alpha value is -3.46. The van der Waals surface area contributed by atoms with E-state index < -0.39 is 6.04 Å². The molecule has 3 aromatic rings. The Morgan fingerprint density at radius 1 is 1.03 bits per heavy atom. The molecule has 1 fully saturated rings. The van der Waals surface area contributed by atoms with Gasteiger partial charge in [-0.05, 0) is 57.2 Å². The highest BCUT2D eigenvalue weighted by Crippen LogP contribution is 2.25. The Balaban J connectivity index is 1.45. The molecule has 0 N–H and O–H groups in total. The quantitative estimate of drug-likeness (QED) is 0.511. The van der Waals surface area contributed by atoms with E-state index in [0.29, 0.717) is 25.4 Å². The molecule has 0 radical (unpaired) electrons. The summed E-state index contributed by atoms with van der Waals surface area (Å²) in [6, 6.07) is 13.0. The minimum absolute atomic E-state index is 0.0128. The van der Waals surface area contributed by atoms with Crippen LogP contribution in [0.1, 0.15) is 38.5 Å². The maximum absolute atomic E-state index is 12.7. The second-order valence-corrected chi connectivity index (χ2v) is 8.27. The van der Waals surface area contributed by atoms with Gasteiger partial charge in [0.2, 0.25) is 0 Å². The van der Waals surface area contributed by atoms with E-state index in [2.05, 4.69) is 19.9 Å². The van der Waals surface area contributed by atoms with Crippen LogP contribution in [0.25, 0.3) is 5.69 Å². The van der Waals surface area contributed by atoms with E-state index >= 15 is 0 Å². The summed E-state index contributed by atoms with van der Waals surface area (Å²) in [6.07, 6.45) is 3.26. The molecule has 1 atom stereocenters. The van der Waals surface area contributed by atoms with Crippen LogP contribution >= 0.6 is 0 Å². The molecule has 1 aromatic carbocycles. The van der Waals surface area contributed by atoms with Crippen molar-refractivity contribution in [2.45, 2.75) is 32.9 Å². The molecule has 33 heavy (non-hydrogen) atoms. The number of rotatable bonds is 7. The minimum Gasteiger partial charge on any atom is -0.465 e. The fourth-order valence-electron chi connectivity index (χ4n) is 4.13. The van der Waals surface area contributed by atoms with Crippen molar-refractivity contribution in [1.29, 1.82) is 0 Å². The van der Waals surface area contributed by atoms with Crippen LogP contribution in [0, 0.1) is 0 Å². The summed E-state index contributed by atoms with van der Waals surface area (Å²) < 4.78 is 8.36. The number of ether oxygens (including phenoxy) is 1. The van der Waals surface area contributed by atoms with E-state index in [9.17, 15) is 9.59 Å². The first-order chi connectivity index (χ1) is 16.0. The second kappa shape index (κ2) is 9.99. The molecule has 3 heterocycles. The number of pyridine rings is 1. The Morgan fingerprint density at radius 3 is 2.30 bits per heavy atom. The first-order valence-corrected chi connectivity index (χ1v) is 11.3. The summed E-state index contributed by atoms with van der Waals surface area (Å²) in [5.41, 5.74) is 2.42. The SMILES string of the molecule is CCOC(=O)C(c1ccccn1)N1CCN(c2ccc(-n3cnn(C(C)C)c3=O)cc2)CC1. The van der Waals surface area contributed by atoms with Crippen molar-refractivity contribution < 1.29 is 9.53 Å². The molecule has 9 heteroatoms. The zero-order valence-corrected chi connectivity index (χ0v) is 19.3. The van der Waals surface area contributed by atoms with Crippen molar-refractivity contribution in [3.8, 4) is 5.69 Å². The molecule has 0 saturated carbocycles. The summed E-state index contributed by atoms with van der Waals surface area (Å²) >= 11 is 0. The van der Waals surface area contributed by atoms with Crippen LogP contribution < -0.4 is 10.6 Å². The summed E-state index contributed by atoms with van der Waals surface area (Å²) in [5.74, 6) is -0.263. The Kier molecular flexibility index (Phi) is 6.88. The molecule has 1 saturated heterocycles. The van der Waals surface area contributed by atoms with E-state index in [-0.39, 0.29) is 17.7 Å². The number of benzene rings is 1. The lowest BCUT2D eigenvalue weighted by Crippen LogP contribution is -2.49. The number of anilines is 1. The van der Waals surface area contributed by atoms with Crippen LogP contribution in [-0.4, -0.2) is 63.0 Å². The number of aromatic nitrogens is 4. The zero-order chi connectivity index (χ0) is 23.4. The van der Waals surface area contributed by atoms with Gasteiger partial charge in [0.05, 0.1) is 24.0 Å². The van der Waals surface area contributed by atoms with Gasteiger partial charge in [0.15, 0.2) is 6.04 Å². The summed E-state index contributed by atoms with van der Waals surface area (Å²) in [7, 11) is 0. The fraction of sp³-hybridized carbons (Fsp3) is 0.417. The van der Waals surface area contributed by atoms with Gasteiger partial charge in [0, 0.05) is 38.1 Å². The van der Waals surface area contributed by atoms with Crippen LogP contribution in [0.15, 0.2) is 59.8 Å². The molecule has 1 aliphatic rings. The molecule has 0 aliphatic carbocycles. The molecule has 174 valence electrons. The van der Waals surface area contributed by atoms with Crippen LogP contribution in [-0.2, 0) is 9.53 Å². The topological polar surface area (TPSA) is 85.5 Å². The van der Waals surface area contributed by atoms with Crippen LogP contribution in [0.5, 0.6) is 0 Å². The normalized spacial score (nSPS) is 15.6. The number of esters is 1. The molecule has 1 unspecified atom stereocenters. The minimum atomic E-state index is -0.500. The van der Waals surface area contributed by atoms with Crippen molar-refractivity contribution in [2.24, 2.45) is 0 Å². The highest BCUT2D eigenvalue weighted by molar-refractivity contribution is 5.77. The summed E-state index contributed by atoms with van der Waals surface area (Å²) in [5, 5.41) is 4.19. The van der Waals surface area contributed by atoms with Crippen LogP contribution in [0.3, 0.4) is 0 Å². The Morgan fingerprint density at radius 2 is 1.73 bits per heavy atom. The molecule has 1 aliphatic heterocycles. The van der Waals surface area contributed by atoms with Gasteiger partial charge in [-0.25, -0.2) is 18.8 Å². The largest absolute Gasteiger partial charge is 0.465 e. The second-order valence-electron chi connectivity index (χ2n) is 8.27. The average molecular weight is 451 g/mol. The lowest BCUT2D eigenvalue weighted by atomic mass is 10.1. The van der Waals surface area contributed by atoms with E-state index in [1.54, 1.807) is 17.1 Å². The molecule has 9 nitrogen and oxygen atoms in total. The van der Waals surface area contributed by atoms with Crippen molar-refractivity contribution in [2.75, 3.05) is 37.7 Å². The summed E-state index contributed by atoms with van der Waals surface area (Å²) in [6.45, 7) is 8.99. The first kappa shape index (κ1) is 22.7. The number of carbonyl (C=O) groups is 1.